The van der Waals surface area contributed by atoms with E-state index in [1.54, 1.807) is 0 Å². The van der Waals surface area contributed by atoms with Gasteiger partial charge in [-0.25, -0.2) is 0 Å². The maximum absolute atomic E-state index is 11.3. The Labute approximate surface area is 63.3 Å². The van der Waals surface area contributed by atoms with Crippen LogP contribution in [0.15, 0.2) is 24.1 Å². The Kier molecular flexibility index (Phi) is 1.15. The molecule has 10 heavy (non-hydrogen) atoms. The van der Waals surface area contributed by atoms with Gasteiger partial charge < -0.3 is 0 Å². The topological polar surface area (TPSA) is 17.1 Å². The molecular weight excluding hydrogens is 144 g/mol. The van der Waals surface area contributed by atoms with Crippen molar-refractivity contribution < 1.29 is 4.21 Å². The van der Waals surface area contributed by atoms with Crippen LogP contribution in [0.3, 0.4) is 0 Å². The van der Waals surface area contributed by atoms with Gasteiger partial charge in [0.2, 0.25) is 0 Å². The zero-order valence-corrected chi connectivity index (χ0v) is 6.56. The van der Waals surface area contributed by atoms with Gasteiger partial charge in [-0.1, -0.05) is 12.2 Å². The molecule has 0 aromatic rings. The Hall–Kier alpha value is -0.370. The summed E-state index contributed by atoms with van der Waals surface area (Å²) in [6, 6.07) is 0. The standard InChI is InChI=1S/C8H10OS/c1-2-8-5-3-7(8)4-6-10(8)9/h2,4,6-7H,1,3,5H2. The van der Waals surface area contributed by atoms with E-state index in [2.05, 4.69) is 12.7 Å². The summed E-state index contributed by atoms with van der Waals surface area (Å²) in [7, 11) is -0.768. The number of hydrogen-bond donors (Lipinski definition) is 0. The Balaban J connectivity index is 2.38. The van der Waals surface area contributed by atoms with Gasteiger partial charge in [0.25, 0.3) is 0 Å². The largest absolute Gasteiger partial charge is 0.254 e. The first-order valence-corrected chi connectivity index (χ1v) is 4.73. The Morgan fingerprint density at radius 1 is 1.80 bits per heavy atom. The maximum Gasteiger partial charge on any atom is 0.0738 e. The van der Waals surface area contributed by atoms with Crippen molar-refractivity contribution in [1.29, 1.82) is 0 Å². The van der Waals surface area contributed by atoms with Crippen LogP contribution in [0.25, 0.3) is 0 Å². The van der Waals surface area contributed by atoms with Crippen LogP contribution < -0.4 is 0 Å². The Bertz CT molecular complexity index is 231. The lowest BCUT2D eigenvalue weighted by molar-refractivity contribution is 0.326. The highest BCUT2D eigenvalue weighted by Crippen LogP contribution is 2.49. The molecule has 2 aliphatic rings. The molecule has 54 valence electrons. The molecule has 0 aromatic carbocycles. The Morgan fingerprint density at radius 3 is 2.90 bits per heavy atom. The molecule has 0 bridgehead atoms. The first kappa shape index (κ1) is 6.35. The molecule has 0 aromatic heterocycles. The van der Waals surface area contributed by atoms with Gasteiger partial charge in [0.1, 0.15) is 0 Å². The molecule has 0 spiro atoms. The van der Waals surface area contributed by atoms with Crippen molar-refractivity contribution in [3.8, 4) is 0 Å². The molecule has 0 N–H and O–H groups in total. The van der Waals surface area contributed by atoms with Crippen molar-refractivity contribution in [1.82, 2.24) is 0 Å². The molecular formula is C8H10OS. The molecule has 2 heteroatoms. The molecule has 1 nitrogen and oxygen atoms in total. The number of rotatable bonds is 1. The first-order valence-electron chi connectivity index (χ1n) is 3.52. The monoisotopic (exact) mass is 154 g/mol. The SMILES string of the molecule is C=CC12CCC1C=CS2=O. The third-order valence-corrected chi connectivity index (χ3v) is 4.46. The van der Waals surface area contributed by atoms with Crippen molar-refractivity contribution in [3.63, 3.8) is 0 Å². The Morgan fingerprint density at radius 2 is 2.60 bits per heavy atom. The highest BCUT2D eigenvalue weighted by Gasteiger charge is 2.50. The predicted octanol–water partition coefficient (Wildman–Crippen LogP) is 1.60. The molecule has 2 rings (SSSR count). The quantitative estimate of drug-likeness (QED) is 0.524. The summed E-state index contributed by atoms with van der Waals surface area (Å²) in [5, 5.41) is 1.82. The van der Waals surface area contributed by atoms with Gasteiger partial charge in [-0.3, -0.25) is 4.21 Å². The molecule has 1 aliphatic heterocycles. The number of fused-ring (bicyclic) bond motifs is 1. The normalized spacial score (nSPS) is 50.0. The lowest BCUT2D eigenvalue weighted by Crippen LogP contribution is -2.43. The van der Waals surface area contributed by atoms with Gasteiger partial charge in [0, 0.05) is 0 Å². The van der Waals surface area contributed by atoms with Gasteiger partial charge in [-0.15, -0.1) is 6.58 Å². The summed E-state index contributed by atoms with van der Waals surface area (Å²) in [4.78, 5) is 0. The molecule has 0 radical (unpaired) electrons. The smallest absolute Gasteiger partial charge is 0.0738 e. The van der Waals surface area contributed by atoms with E-state index in [0.717, 1.165) is 6.42 Å². The van der Waals surface area contributed by atoms with E-state index in [0.29, 0.717) is 5.92 Å². The summed E-state index contributed by atoms with van der Waals surface area (Å²) in [5.41, 5.74) is 0. The van der Waals surface area contributed by atoms with E-state index >= 15 is 0 Å². The first-order chi connectivity index (χ1) is 4.79. The van der Waals surface area contributed by atoms with Crippen molar-refractivity contribution in [3.05, 3.63) is 24.1 Å². The van der Waals surface area contributed by atoms with Gasteiger partial charge in [0.15, 0.2) is 0 Å². The molecule has 3 atom stereocenters. The molecule has 0 saturated heterocycles. The summed E-state index contributed by atoms with van der Waals surface area (Å²) in [6.07, 6.45) is 6.19. The second-order valence-corrected chi connectivity index (χ2v) is 4.56. The van der Waals surface area contributed by atoms with Gasteiger partial charge in [-0.05, 0) is 24.2 Å². The second kappa shape index (κ2) is 1.82. The lowest BCUT2D eigenvalue weighted by Gasteiger charge is -2.40. The summed E-state index contributed by atoms with van der Waals surface area (Å²) in [6.45, 7) is 3.73. The fraction of sp³-hybridized carbons (Fsp3) is 0.500. The van der Waals surface area contributed by atoms with Gasteiger partial charge in [0.05, 0.1) is 15.5 Å². The van der Waals surface area contributed by atoms with Crippen LogP contribution >= 0.6 is 0 Å². The van der Waals surface area contributed by atoms with Crippen molar-refractivity contribution in [2.24, 2.45) is 5.92 Å². The fourth-order valence-electron chi connectivity index (χ4n) is 1.73. The molecule has 0 amide bonds. The molecule has 1 aliphatic carbocycles. The van der Waals surface area contributed by atoms with Crippen LogP contribution in [0.1, 0.15) is 12.8 Å². The van der Waals surface area contributed by atoms with E-state index in [9.17, 15) is 4.21 Å². The zero-order valence-electron chi connectivity index (χ0n) is 5.75. The van der Waals surface area contributed by atoms with Crippen LogP contribution in [0.4, 0.5) is 0 Å². The van der Waals surface area contributed by atoms with Crippen LogP contribution in [0, 0.1) is 5.92 Å². The van der Waals surface area contributed by atoms with E-state index in [-0.39, 0.29) is 4.75 Å². The average molecular weight is 154 g/mol. The molecule has 3 unspecified atom stereocenters. The summed E-state index contributed by atoms with van der Waals surface area (Å²) in [5.74, 6) is 0.533. The lowest BCUT2D eigenvalue weighted by atomic mass is 9.73. The maximum atomic E-state index is 11.3. The van der Waals surface area contributed by atoms with Gasteiger partial charge >= 0.3 is 0 Å². The third kappa shape index (κ3) is 0.511. The van der Waals surface area contributed by atoms with Gasteiger partial charge in [-0.2, -0.15) is 0 Å². The van der Waals surface area contributed by atoms with E-state index in [1.165, 1.54) is 6.42 Å². The van der Waals surface area contributed by atoms with E-state index < -0.39 is 10.8 Å². The van der Waals surface area contributed by atoms with Crippen LogP contribution in [0.5, 0.6) is 0 Å². The predicted molar refractivity (Wildman–Crippen MR) is 42.9 cm³/mol. The van der Waals surface area contributed by atoms with Crippen molar-refractivity contribution in [2.45, 2.75) is 17.6 Å². The highest BCUT2D eigenvalue weighted by atomic mass is 32.2. The van der Waals surface area contributed by atoms with Crippen LogP contribution in [-0.2, 0) is 10.8 Å². The third-order valence-electron chi connectivity index (χ3n) is 2.63. The fourth-order valence-corrected chi connectivity index (χ4v) is 3.30. The van der Waals surface area contributed by atoms with Crippen molar-refractivity contribution >= 4 is 10.8 Å². The minimum Gasteiger partial charge on any atom is -0.254 e. The second-order valence-electron chi connectivity index (χ2n) is 2.93. The minimum atomic E-state index is -0.768. The minimum absolute atomic E-state index is 0.0417. The summed E-state index contributed by atoms with van der Waals surface area (Å²) < 4.78 is 11.3. The average Bonchev–Trinajstić information content (AvgIpc) is 2.06. The molecule has 1 heterocycles. The molecule has 1 fully saturated rings. The van der Waals surface area contributed by atoms with Crippen LogP contribution in [0.2, 0.25) is 0 Å². The summed E-state index contributed by atoms with van der Waals surface area (Å²) >= 11 is 0. The van der Waals surface area contributed by atoms with Crippen LogP contribution in [-0.4, -0.2) is 8.96 Å². The number of hydrogen-bond acceptors (Lipinski definition) is 1. The highest BCUT2D eigenvalue weighted by molar-refractivity contribution is 7.90. The molecule has 1 saturated carbocycles. The van der Waals surface area contributed by atoms with E-state index in [1.807, 2.05) is 11.5 Å². The van der Waals surface area contributed by atoms with Crippen molar-refractivity contribution in [2.75, 3.05) is 0 Å². The number of allylic oxidation sites excluding steroid dienone is 1. The van der Waals surface area contributed by atoms with E-state index in [4.69, 9.17) is 0 Å². The zero-order chi connectivity index (χ0) is 7.19.